The van der Waals surface area contributed by atoms with Crippen molar-refractivity contribution >= 4 is 29.1 Å². The van der Waals surface area contributed by atoms with Gasteiger partial charge in [0.15, 0.2) is 5.82 Å². The van der Waals surface area contributed by atoms with Crippen LogP contribution in [0.25, 0.3) is 0 Å². The highest BCUT2D eigenvalue weighted by atomic mass is 35.5. The van der Waals surface area contributed by atoms with Gasteiger partial charge in [0.2, 0.25) is 0 Å². The second-order valence-corrected chi connectivity index (χ2v) is 6.95. The molecule has 2 aromatic rings. The smallest absolute Gasteiger partial charge is 0.254 e. The molecule has 0 bridgehead atoms. The topological polar surface area (TPSA) is 51.0 Å². The van der Waals surface area contributed by atoms with Gasteiger partial charge in [-0.1, -0.05) is 37.0 Å². The molecule has 1 aliphatic rings. The van der Waals surface area contributed by atoms with Crippen LogP contribution >= 0.6 is 23.2 Å². The summed E-state index contributed by atoms with van der Waals surface area (Å²) < 4.78 is 2.12. The normalized spacial score (nSPS) is 14.2. The van der Waals surface area contributed by atoms with Crippen molar-refractivity contribution in [1.82, 2.24) is 19.7 Å². The highest BCUT2D eigenvalue weighted by molar-refractivity contribution is 6.42. The molecule has 2 heterocycles. The number of hydrogen-bond acceptors (Lipinski definition) is 3. The van der Waals surface area contributed by atoms with E-state index in [2.05, 4.69) is 28.6 Å². The number of nitrogens with zero attached hydrogens (tertiary/aromatic N) is 4. The summed E-state index contributed by atoms with van der Waals surface area (Å²) in [5.41, 5.74) is 0.537. The summed E-state index contributed by atoms with van der Waals surface area (Å²) in [6, 6.07) is 4.94. The van der Waals surface area contributed by atoms with Gasteiger partial charge < -0.3 is 9.47 Å². The van der Waals surface area contributed by atoms with Gasteiger partial charge in [-0.2, -0.15) is 0 Å². The Bertz CT molecular complexity index is 742. The van der Waals surface area contributed by atoms with E-state index in [9.17, 15) is 4.79 Å². The van der Waals surface area contributed by atoms with Gasteiger partial charge in [0.05, 0.1) is 16.6 Å². The molecule has 0 fully saturated rings. The summed E-state index contributed by atoms with van der Waals surface area (Å²) in [6.45, 7) is 6.13. The molecule has 0 unspecified atom stereocenters. The lowest BCUT2D eigenvalue weighted by molar-refractivity contribution is 0.0706. The van der Waals surface area contributed by atoms with E-state index in [0.29, 0.717) is 34.6 Å². The van der Waals surface area contributed by atoms with Crippen LogP contribution in [0.3, 0.4) is 0 Å². The second kappa shape index (κ2) is 6.49. The van der Waals surface area contributed by atoms with Crippen LogP contribution in [-0.4, -0.2) is 32.1 Å². The molecule has 122 valence electrons. The first kappa shape index (κ1) is 16.3. The molecule has 3 rings (SSSR count). The molecule has 0 atom stereocenters. The lowest BCUT2D eigenvalue weighted by Gasteiger charge is -2.28. The summed E-state index contributed by atoms with van der Waals surface area (Å²) in [5, 5.41) is 9.34. The minimum Gasteiger partial charge on any atom is -0.329 e. The minimum absolute atomic E-state index is 0.0665. The van der Waals surface area contributed by atoms with Gasteiger partial charge in [-0.05, 0) is 24.1 Å². The predicted octanol–water partition coefficient (Wildman–Crippen LogP) is 3.44. The number of halogens is 2. The molecule has 1 aromatic heterocycles. The predicted molar refractivity (Wildman–Crippen MR) is 89.8 cm³/mol. The summed E-state index contributed by atoms with van der Waals surface area (Å²) >= 11 is 11.9. The zero-order valence-corrected chi connectivity index (χ0v) is 14.6. The monoisotopic (exact) mass is 352 g/mol. The van der Waals surface area contributed by atoms with Gasteiger partial charge in [0.1, 0.15) is 5.82 Å². The van der Waals surface area contributed by atoms with Crippen LogP contribution < -0.4 is 0 Å². The van der Waals surface area contributed by atoms with Crippen LogP contribution in [0, 0.1) is 5.92 Å². The zero-order chi connectivity index (χ0) is 16.6. The standard InChI is InChI=1S/C16H18Cl2N4O/c1-10(2)7-14-19-20-15-9-21(5-6-22(14)15)16(23)11-3-4-12(17)13(18)8-11/h3-4,8,10H,5-7,9H2,1-2H3. The van der Waals surface area contributed by atoms with Crippen molar-refractivity contribution in [3.63, 3.8) is 0 Å². The van der Waals surface area contributed by atoms with Crippen LogP contribution in [-0.2, 0) is 19.5 Å². The van der Waals surface area contributed by atoms with E-state index in [0.717, 1.165) is 24.6 Å². The number of rotatable bonds is 3. The van der Waals surface area contributed by atoms with E-state index in [1.807, 2.05) is 0 Å². The Labute approximate surface area is 145 Å². The number of aromatic nitrogens is 3. The minimum atomic E-state index is -0.0665. The molecule has 0 spiro atoms. The van der Waals surface area contributed by atoms with Crippen molar-refractivity contribution in [2.45, 2.75) is 33.4 Å². The molecule has 7 heteroatoms. The van der Waals surface area contributed by atoms with Gasteiger partial charge in [0.25, 0.3) is 5.91 Å². The third kappa shape index (κ3) is 3.35. The van der Waals surface area contributed by atoms with Gasteiger partial charge in [-0.15, -0.1) is 10.2 Å². The van der Waals surface area contributed by atoms with Crippen LogP contribution in [0.4, 0.5) is 0 Å². The highest BCUT2D eigenvalue weighted by Gasteiger charge is 2.25. The van der Waals surface area contributed by atoms with E-state index in [4.69, 9.17) is 23.2 Å². The lowest BCUT2D eigenvalue weighted by atomic mass is 10.1. The number of hydrogen-bond donors (Lipinski definition) is 0. The summed E-state index contributed by atoms with van der Waals surface area (Å²) in [7, 11) is 0. The maximum Gasteiger partial charge on any atom is 0.254 e. The molecular formula is C16H18Cl2N4O. The number of fused-ring (bicyclic) bond motifs is 1. The van der Waals surface area contributed by atoms with Crippen molar-refractivity contribution in [1.29, 1.82) is 0 Å². The fourth-order valence-corrected chi connectivity index (χ4v) is 3.02. The van der Waals surface area contributed by atoms with Gasteiger partial charge in [-0.3, -0.25) is 4.79 Å². The molecule has 1 aromatic carbocycles. The van der Waals surface area contributed by atoms with Crippen molar-refractivity contribution < 1.29 is 4.79 Å². The number of carbonyl (C=O) groups excluding carboxylic acids is 1. The molecular weight excluding hydrogens is 335 g/mol. The van der Waals surface area contributed by atoms with Crippen molar-refractivity contribution in [2.24, 2.45) is 5.92 Å². The Hall–Kier alpha value is -1.59. The van der Waals surface area contributed by atoms with Gasteiger partial charge >= 0.3 is 0 Å². The van der Waals surface area contributed by atoms with Crippen molar-refractivity contribution in [3.8, 4) is 0 Å². The number of carbonyl (C=O) groups is 1. The quantitative estimate of drug-likeness (QED) is 0.849. The zero-order valence-electron chi connectivity index (χ0n) is 13.1. The number of amides is 1. The van der Waals surface area contributed by atoms with Crippen LogP contribution in [0.5, 0.6) is 0 Å². The SMILES string of the molecule is CC(C)Cc1nnc2n1CCN(C(=O)c1ccc(Cl)c(Cl)c1)C2. The molecule has 23 heavy (non-hydrogen) atoms. The summed E-state index contributed by atoms with van der Waals surface area (Å²) in [6.07, 6.45) is 0.897. The number of benzene rings is 1. The molecule has 1 amide bonds. The summed E-state index contributed by atoms with van der Waals surface area (Å²) in [5.74, 6) is 2.29. The van der Waals surface area contributed by atoms with E-state index < -0.39 is 0 Å². The molecule has 5 nitrogen and oxygen atoms in total. The Kier molecular flexibility index (Phi) is 4.60. The van der Waals surface area contributed by atoms with Crippen molar-refractivity contribution in [3.05, 3.63) is 45.5 Å². The summed E-state index contributed by atoms with van der Waals surface area (Å²) in [4.78, 5) is 14.4. The third-order valence-electron chi connectivity index (χ3n) is 3.87. The molecule has 0 saturated heterocycles. The van der Waals surface area contributed by atoms with E-state index in [-0.39, 0.29) is 5.91 Å². The first-order chi connectivity index (χ1) is 11.0. The first-order valence-electron chi connectivity index (χ1n) is 7.61. The average Bonchev–Trinajstić information content (AvgIpc) is 2.91. The van der Waals surface area contributed by atoms with E-state index >= 15 is 0 Å². The second-order valence-electron chi connectivity index (χ2n) is 6.14. The fourth-order valence-electron chi connectivity index (χ4n) is 2.72. The molecule has 0 saturated carbocycles. The molecule has 0 aliphatic carbocycles. The van der Waals surface area contributed by atoms with Gasteiger partial charge in [0, 0.05) is 25.1 Å². The first-order valence-corrected chi connectivity index (χ1v) is 8.36. The van der Waals surface area contributed by atoms with Gasteiger partial charge in [-0.25, -0.2) is 0 Å². The Morgan fingerprint density at radius 2 is 2.00 bits per heavy atom. The Morgan fingerprint density at radius 3 is 2.70 bits per heavy atom. The average molecular weight is 353 g/mol. The van der Waals surface area contributed by atoms with E-state index in [1.165, 1.54) is 0 Å². The van der Waals surface area contributed by atoms with Crippen LogP contribution in [0.2, 0.25) is 10.0 Å². The Balaban J connectivity index is 1.77. The maximum atomic E-state index is 12.6. The third-order valence-corrected chi connectivity index (χ3v) is 4.61. The largest absolute Gasteiger partial charge is 0.329 e. The Morgan fingerprint density at radius 1 is 1.22 bits per heavy atom. The van der Waals surface area contributed by atoms with Crippen LogP contribution in [0.1, 0.15) is 35.9 Å². The van der Waals surface area contributed by atoms with Crippen molar-refractivity contribution in [2.75, 3.05) is 6.54 Å². The molecule has 1 aliphatic heterocycles. The fraction of sp³-hybridized carbons (Fsp3) is 0.438. The van der Waals surface area contributed by atoms with Crippen LogP contribution in [0.15, 0.2) is 18.2 Å². The van der Waals surface area contributed by atoms with E-state index in [1.54, 1.807) is 23.1 Å². The highest BCUT2D eigenvalue weighted by Crippen LogP contribution is 2.24. The maximum absolute atomic E-state index is 12.6. The molecule has 0 N–H and O–H groups in total. The lowest BCUT2D eigenvalue weighted by Crippen LogP contribution is -2.38. The molecule has 0 radical (unpaired) electrons.